The third kappa shape index (κ3) is 2.49. The van der Waals surface area contributed by atoms with E-state index in [0.717, 1.165) is 12.8 Å². The Bertz CT molecular complexity index is 644. The van der Waals surface area contributed by atoms with Gasteiger partial charge >= 0.3 is 0 Å². The summed E-state index contributed by atoms with van der Waals surface area (Å²) in [6.07, 6.45) is 1.56. The first kappa shape index (κ1) is 13.0. The van der Waals surface area contributed by atoms with Crippen molar-refractivity contribution in [2.75, 3.05) is 11.1 Å². The Hall–Kier alpha value is -2.00. The SMILES string of the molecule is Nc1ccc(Cl)c(NC(=O)C2Cc3ccccc3C2)c1. The molecule has 1 aliphatic rings. The lowest BCUT2D eigenvalue weighted by Crippen LogP contribution is -2.23. The van der Waals surface area contributed by atoms with Gasteiger partial charge in [-0.05, 0) is 42.2 Å². The molecular weight excluding hydrogens is 272 g/mol. The van der Waals surface area contributed by atoms with Crippen LogP contribution in [-0.4, -0.2) is 5.91 Å². The van der Waals surface area contributed by atoms with E-state index in [4.69, 9.17) is 17.3 Å². The molecule has 0 spiro atoms. The van der Waals surface area contributed by atoms with Crippen molar-refractivity contribution in [3.8, 4) is 0 Å². The third-order valence-corrected chi connectivity index (χ3v) is 4.00. The molecule has 0 bridgehead atoms. The Morgan fingerprint density at radius 1 is 1.15 bits per heavy atom. The Kier molecular flexibility index (Phi) is 3.36. The lowest BCUT2D eigenvalue weighted by molar-refractivity contribution is -0.119. The lowest BCUT2D eigenvalue weighted by Gasteiger charge is -2.12. The molecule has 0 radical (unpaired) electrons. The molecule has 3 rings (SSSR count). The zero-order valence-corrected chi connectivity index (χ0v) is 11.7. The number of nitrogens with two attached hydrogens (primary N) is 1. The molecule has 2 aromatic carbocycles. The van der Waals surface area contributed by atoms with E-state index < -0.39 is 0 Å². The number of carbonyl (C=O) groups excluding carboxylic acids is 1. The number of rotatable bonds is 2. The molecule has 102 valence electrons. The Morgan fingerprint density at radius 3 is 2.45 bits per heavy atom. The molecule has 0 aliphatic heterocycles. The smallest absolute Gasteiger partial charge is 0.228 e. The van der Waals surface area contributed by atoms with Crippen LogP contribution in [0, 0.1) is 5.92 Å². The maximum absolute atomic E-state index is 12.3. The molecule has 0 atom stereocenters. The van der Waals surface area contributed by atoms with Gasteiger partial charge in [0.05, 0.1) is 10.7 Å². The van der Waals surface area contributed by atoms with Gasteiger partial charge in [0.15, 0.2) is 0 Å². The van der Waals surface area contributed by atoms with Crippen LogP contribution in [0.15, 0.2) is 42.5 Å². The van der Waals surface area contributed by atoms with Crippen molar-refractivity contribution in [1.82, 2.24) is 0 Å². The Balaban J connectivity index is 1.74. The molecule has 1 amide bonds. The molecule has 1 aliphatic carbocycles. The number of nitrogens with one attached hydrogen (secondary N) is 1. The van der Waals surface area contributed by atoms with E-state index in [-0.39, 0.29) is 11.8 Å². The van der Waals surface area contributed by atoms with Crippen LogP contribution in [0.25, 0.3) is 0 Å². The van der Waals surface area contributed by atoms with Gasteiger partial charge in [0.25, 0.3) is 0 Å². The average molecular weight is 287 g/mol. The molecular formula is C16H15ClN2O. The minimum atomic E-state index is -0.0371. The highest BCUT2D eigenvalue weighted by atomic mass is 35.5. The molecule has 4 heteroatoms. The maximum Gasteiger partial charge on any atom is 0.228 e. The van der Waals surface area contributed by atoms with E-state index >= 15 is 0 Å². The normalized spacial score (nSPS) is 14.1. The molecule has 2 aromatic rings. The summed E-state index contributed by atoms with van der Waals surface area (Å²) in [4.78, 5) is 12.3. The highest BCUT2D eigenvalue weighted by molar-refractivity contribution is 6.33. The number of anilines is 2. The predicted molar refractivity (Wildman–Crippen MR) is 81.8 cm³/mol. The fraction of sp³-hybridized carbons (Fsp3) is 0.188. The highest BCUT2D eigenvalue weighted by Crippen LogP contribution is 2.29. The number of hydrogen-bond acceptors (Lipinski definition) is 2. The van der Waals surface area contributed by atoms with E-state index in [1.807, 2.05) is 12.1 Å². The second-order valence-electron chi connectivity index (χ2n) is 5.10. The van der Waals surface area contributed by atoms with E-state index in [2.05, 4.69) is 17.4 Å². The Labute approximate surface area is 122 Å². The quantitative estimate of drug-likeness (QED) is 0.833. The molecule has 20 heavy (non-hydrogen) atoms. The van der Waals surface area contributed by atoms with Crippen LogP contribution >= 0.6 is 11.6 Å². The summed E-state index contributed by atoms with van der Waals surface area (Å²) >= 11 is 6.07. The van der Waals surface area contributed by atoms with Crippen molar-refractivity contribution >= 4 is 28.9 Å². The van der Waals surface area contributed by atoms with Gasteiger partial charge in [-0.1, -0.05) is 35.9 Å². The predicted octanol–water partition coefficient (Wildman–Crippen LogP) is 3.28. The highest BCUT2D eigenvalue weighted by Gasteiger charge is 2.27. The van der Waals surface area contributed by atoms with Crippen LogP contribution in [0.1, 0.15) is 11.1 Å². The van der Waals surface area contributed by atoms with Gasteiger partial charge in [-0.2, -0.15) is 0 Å². The van der Waals surface area contributed by atoms with Gasteiger partial charge in [0.2, 0.25) is 5.91 Å². The third-order valence-electron chi connectivity index (χ3n) is 3.67. The molecule has 3 nitrogen and oxygen atoms in total. The number of amides is 1. The zero-order valence-electron chi connectivity index (χ0n) is 10.9. The summed E-state index contributed by atoms with van der Waals surface area (Å²) in [5.74, 6) is -0.0430. The number of nitrogen functional groups attached to an aromatic ring is 1. The van der Waals surface area contributed by atoms with E-state index in [0.29, 0.717) is 16.4 Å². The fourth-order valence-electron chi connectivity index (χ4n) is 2.62. The maximum atomic E-state index is 12.3. The number of fused-ring (bicyclic) bond motifs is 1. The van der Waals surface area contributed by atoms with Crippen molar-refractivity contribution in [3.05, 3.63) is 58.6 Å². The van der Waals surface area contributed by atoms with Crippen molar-refractivity contribution < 1.29 is 4.79 Å². The van der Waals surface area contributed by atoms with Gasteiger partial charge in [-0.25, -0.2) is 0 Å². The Morgan fingerprint density at radius 2 is 1.80 bits per heavy atom. The molecule has 0 fully saturated rings. The van der Waals surface area contributed by atoms with Gasteiger partial charge in [-0.3, -0.25) is 4.79 Å². The van der Waals surface area contributed by atoms with Crippen LogP contribution < -0.4 is 11.1 Å². The number of carbonyl (C=O) groups is 1. The van der Waals surface area contributed by atoms with Crippen LogP contribution in [0.3, 0.4) is 0 Å². The molecule has 0 heterocycles. The summed E-state index contributed by atoms with van der Waals surface area (Å²) in [7, 11) is 0. The summed E-state index contributed by atoms with van der Waals surface area (Å²) < 4.78 is 0. The molecule has 0 aromatic heterocycles. The van der Waals surface area contributed by atoms with Crippen molar-refractivity contribution in [2.45, 2.75) is 12.8 Å². The van der Waals surface area contributed by atoms with Gasteiger partial charge < -0.3 is 11.1 Å². The summed E-state index contributed by atoms with van der Waals surface area (Å²) in [6.45, 7) is 0. The minimum absolute atomic E-state index is 0.00583. The molecule has 0 saturated heterocycles. The van der Waals surface area contributed by atoms with Crippen LogP contribution in [-0.2, 0) is 17.6 Å². The first-order valence-corrected chi connectivity index (χ1v) is 6.94. The van der Waals surface area contributed by atoms with Crippen LogP contribution in [0.2, 0.25) is 5.02 Å². The van der Waals surface area contributed by atoms with E-state index in [9.17, 15) is 4.79 Å². The fourth-order valence-corrected chi connectivity index (χ4v) is 2.78. The standard InChI is InChI=1S/C16H15ClN2O/c17-14-6-5-13(18)9-15(14)19-16(20)12-7-10-3-1-2-4-11(10)8-12/h1-6,9,12H,7-8,18H2,(H,19,20). The van der Waals surface area contributed by atoms with E-state index in [1.165, 1.54) is 11.1 Å². The molecule has 0 saturated carbocycles. The van der Waals surface area contributed by atoms with Crippen LogP contribution in [0.4, 0.5) is 11.4 Å². The lowest BCUT2D eigenvalue weighted by atomic mass is 10.1. The molecule has 0 unspecified atom stereocenters. The minimum Gasteiger partial charge on any atom is -0.399 e. The average Bonchev–Trinajstić information content (AvgIpc) is 2.87. The number of halogens is 1. The van der Waals surface area contributed by atoms with E-state index in [1.54, 1.807) is 18.2 Å². The molecule has 3 N–H and O–H groups in total. The zero-order chi connectivity index (χ0) is 14.1. The first-order chi connectivity index (χ1) is 9.63. The largest absolute Gasteiger partial charge is 0.399 e. The number of hydrogen-bond donors (Lipinski definition) is 2. The summed E-state index contributed by atoms with van der Waals surface area (Å²) in [5.41, 5.74) is 9.39. The van der Waals surface area contributed by atoms with Crippen LogP contribution in [0.5, 0.6) is 0 Å². The first-order valence-electron chi connectivity index (χ1n) is 6.56. The van der Waals surface area contributed by atoms with Crippen molar-refractivity contribution in [2.24, 2.45) is 5.92 Å². The number of benzene rings is 2. The second kappa shape index (κ2) is 5.17. The summed E-state index contributed by atoms with van der Waals surface area (Å²) in [6, 6.07) is 13.3. The topological polar surface area (TPSA) is 55.1 Å². The van der Waals surface area contributed by atoms with Gasteiger partial charge in [0, 0.05) is 11.6 Å². The summed E-state index contributed by atoms with van der Waals surface area (Å²) in [5, 5.41) is 3.38. The van der Waals surface area contributed by atoms with Crippen molar-refractivity contribution in [1.29, 1.82) is 0 Å². The van der Waals surface area contributed by atoms with Gasteiger partial charge in [0.1, 0.15) is 0 Å². The monoisotopic (exact) mass is 286 g/mol. The second-order valence-corrected chi connectivity index (χ2v) is 5.51. The van der Waals surface area contributed by atoms with Crippen molar-refractivity contribution in [3.63, 3.8) is 0 Å². The van der Waals surface area contributed by atoms with Gasteiger partial charge in [-0.15, -0.1) is 0 Å².